The van der Waals surface area contributed by atoms with E-state index in [1.54, 1.807) is 12.1 Å². The number of halogens is 2. The maximum absolute atomic E-state index is 14.2. The second kappa shape index (κ2) is 8.72. The fraction of sp³-hybridized carbons (Fsp3) is 0.435. The normalized spacial score (nSPS) is 17.1. The number of piperazine rings is 1. The number of amides is 1. The summed E-state index contributed by atoms with van der Waals surface area (Å²) in [6.07, 6.45) is 2.11. The average molecular weight is 416 g/mol. The predicted molar refractivity (Wildman–Crippen MR) is 115 cm³/mol. The summed E-state index contributed by atoms with van der Waals surface area (Å²) in [4.78, 5) is 19.3. The Hall–Kier alpha value is -2.11. The number of benzene rings is 2. The van der Waals surface area contributed by atoms with Crippen LogP contribution in [-0.4, -0.2) is 54.5 Å². The van der Waals surface area contributed by atoms with Gasteiger partial charge < -0.3 is 9.80 Å². The standard InChI is InChI=1S/C23H27ClFN3O/c1-17-4-2-5-19(14-17)26-10-12-27(13-11-26)23(29)16-28(18-8-9-18)15-20-21(24)6-3-7-22(20)25/h2-7,14,18H,8-13,15-16H2,1H3. The van der Waals surface area contributed by atoms with Crippen molar-refractivity contribution in [3.63, 3.8) is 0 Å². The van der Waals surface area contributed by atoms with E-state index in [0.717, 1.165) is 25.9 Å². The third kappa shape index (κ3) is 4.90. The molecule has 0 atom stereocenters. The molecule has 1 amide bonds. The van der Waals surface area contributed by atoms with E-state index in [0.29, 0.717) is 42.8 Å². The fourth-order valence-electron chi connectivity index (χ4n) is 3.95. The smallest absolute Gasteiger partial charge is 0.236 e. The van der Waals surface area contributed by atoms with Gasteiger partial charge in [-0.3, -0.25) is 9.69 Å². The van der Waals surface area contributed by atoms with Crippen LogP contribution in [-0.2, 0) is 11.3 Å². The summed E-state index contributed by atoms with van der Waals surface area (Å²) in [6.45, 7) is 5.88. The first-order chi connectivity index (χ1) is 14.0. The van der Waals surface area contributed by atoms with Gasteiger partial charge in [0, 0.05) is 55.0 Å². The molecule has 0 N–H and O–H groups in total. The van der Waals surface area contributed by atoms with Crippen molar-refractivity contribution in [1.29, 1.82) is 0 Å². The molecule has 1 heterocycles. The largest absolute Gasteiger partial charge is 0.368 e. The van der Waals surface area contributed by atoms with Crippen LogP contribution in [0.4, 0.5) is 10.1 Å². The van der Waals surface area contributed by atoms with Gasteiger partial charge >= 0.3 is 0 Å². The highest BCUT2D eigenvalue weighted by Crippen LogP contribution is 2.30. The van der Waals surface area contributed by atoms with Crippen molar-refractivity contribution in [1.82, 2.24) is 9.80 Å². The van der Waals surface area contributed by atoms with E-state index in [-0.39, 0.29) is 11.7 Å². The number of rotatable bonds is 6. The molecule has 1 saturated heterocycles. The molecular formula is C23H27ClFN3O. The predicted octanol–water partition coefficient (Wildman–Crippen LogP) is 4.10. The molecule has 0 bridgehead atoms. The zero-order chi connectivity index (χ0) is 20.4. The molecule has 154 valence electrons. The molecule has 0 aromatic heterocycles. The zero-order valence-corrected chi connectivity index (χ0v) is 17.5. The van der Waals surface area contributed by atoms with Crippen LogP contribution in [0, 0.1) is 12.7 Å². The van der Waals surface area contributed by atoms with Crippen molar-refractivity contribution in [3.05, 3.63) is 64.4 Å². The Morgan fingerprint density at radius 1 is 1.14 bits per heavy atom. The number of aryl methyl sites for hydroxylation is 1. The lowest BCUT2D eigenvalue weighted by atomic mass is 10.2. The molecule has 29 heavy (non-hydrogen) atoms. The molecule has 0 radical (unpaired) electrons. The van der Waals surface area contributed by atoms with E-state index in [2.05, 4.69) is 41.0 Å². The third-order valence-electron chi connectivity index (χ3n) is 5.82. The van der Waals surface area contributed by atoms with Crippen molar-refractivity contribution >= 4 is 23.2 Å². The summed E-state index contributed by atoms with van der Waals surface area (Å²) in [5, 5.41) is 0.426. The lowest BCUT2D eigenvalue weighted by molar-refractivity contribution is -0.133. The lowest BCUT2D eigenvalue weighted by Crippen LogP contribution is -2.51. The minimum absolute atomic E-state index is 0.119. The Labute approximate surface area is 176 Å². The van der Waals surface area contributed by atoms with Gasteiger partial charge in [0.15, 0.2) is 0 Å². The van der Waals surface area contributed by atoms with Gasteiger partial charge in [-0.25, -0.2) is 4.39 Å². The number of hydrogen-bond donors (Lipinski definition) is 0. The molecule has 1 aliphatic heterocycles. The van der Waals surface area contributed by atoms with E-state index < -0.39 is 0 Å². The molecule has 4 rings (SSSR count). The molecule has 0 unspecified atom stereocenters. The summed E-state index contributed by atoms with van der Waals surface area (Å²) in [7, 11) is 0. The van der Waals surface area contributed by atoms with Gasteiger partial charge in [0.05, 0.1) is 6.54 Å². The number of carbonyl (C=O) groups excluding carboxylic acids is 1. The van der Waals surface area contributed by atoms with E-state index in [1.165, 1.54) is 17.3 Å². The third-order valence-corrected chi connectivity index (χ3v) is 6.18. The molecule has 2 aliphatic rings. The van der Waals surface area contributed by atoms with E-state index in [1.807, 2.05) is 4.90 Å². The molecule has 2 aromatic carbocycles. The number of nitrogens with zero attached hydrogens (tertiary/aromatic N) is 3. The van der Waals surface area contributed by atoms with Gasteiger partial charge in [-0.2, -0.15) is 0 Å². The molecule has 4 nitrogen and oxygen atoms in total. The minimum Gasteiger partial charge on any atom is -0.368 e. The Bertz CT molecular complexity index is 858. The number of anilines is 1. The van der Waals surface area contributed by atoms with Crippen LogP contribution >= 0.6 is 11.6 Å². The Morgan fingerprint density at radius 3 is 2.52 bits per heavy atom. The monoisotopic (exact) mass is 415 g/mol. The van der Waals surface area contributed by atoms with Crippen LogP contribution in [0.1, 0.15) is 24.0 Å². The fourth-order valence-corrected chi connectivity index (χ4v) is 4.18. The van der Waals surface area contributed by atoms with Crippen molar-refractivity contribution < 1.29 is 9.18 Å². The first-order valence-corrected chi connectivity index (χ1v) is 10.7. The lowest BCUT2D eigenvalue weighted by Gasteiger charge is -2.37. The highest BCUT2D eigenvalue weighted by molar-refractivity contribution is 6.31. The summed E-state index contributed by atoms with van der Waals surface area (Å²) in [5.41, 5.74) is 2.94. The van der Waals surface area contributed by atoms with Gasteiger partial charge in [-0.15, -0.1) is 0 Å². The molecule has 6 heteroatoms. The Morgan fingerprint density at radius 2 is 1.86 bits per heavy atom. The second-order valence-corrected chi connectivity index (χ2v) is 8.45. The van der Waals surface area contributed by atoms with Crippen molar-refractivity contribution in [3.8, 4) is 0 Å². The Balaban J connectivity index is 1.36. The van der Waals surface area contributed by atoms with Gasteiger partial charge in [0.25, 0.3) is 0 Å². The van der Waals surface area contributed by atoms with Crippen molar-refractivity contribution in [2.75, 3.05) is 37.6 Å². The van der Waals surface area contributed by atoms with Crippen LogP contribution in [0.25, 0.3) is 0 Å². The van der Waals surface area contributed by atoms with Crippen LogP contribution in [0.2, 0.25) is 5.02 Å². The first kappa shape index (κ1) is 20.2. The molecule has 1 saturated carbocycles. The number of hydrogen-bond acceptors (Lipinski definition) is 3. The summed E-state index contributed by atoms with van der Waals surface area (Å²) in [5.74, 6) is -0.185. The maximum Gasteiger partial charge on any atom is 0.236 e. The average Bonchev–Trinajstić information content (AvgIpc) is 3.55. The minimum atomic E-state index is -0.303. The molecule has 0 spiro atoms. The highest BCUT2D eigenvalue weighted by Gasteiger charge is 2.33. The van der Waals surface area contributed by atoms with E-state index >= 15 is 0 Å². The van der Waals surface area contributed by atoms with Crippen LogP contribution in [0.3, 0.4) is 0 Å². The highest BCUT2D eigenvalue weighted by atomic mass is 35.5. The first-order valence-electron chi connectivity index (χ1n) is 10.3. The quantitative estimate of drug-likeness (QED) is 0.710. The van der Waals surface area contributed by atoms with E-state index in [9.17, 15) is 9.18 Å². The van der Waals surface area contributed by atoms with Crippen LogP contribution < -0.4 is 4.90 Å². The van der Waals surface area contributed by atoms with Crippen LogP contribution in [0.15, 0.2) is 42.5 Å². The van der Waals surface area contributed by atoms with Gasteiger partial charge in [0.2, 0.25) is 5.91 Å². The van der Waals surface area contributed by atoms with Crippen LogP contribution in [0.5, 0.6) is 0 Å². The topological polar surface area (TPSA) is 26.8 Å². The molecular weight excluding hydrogens is 389 g/mol. The van der Waals surface area contributed by atoms with Gasteiger partial charge in [0.1, 0.15) is 5.82 Å². The molecule has 2 fully saturated rings. The summed E-state index contributed by atoms with van der Waals surface area (Å²) < 4.78 is 14.2. The van der Waals surface area contributed by atoms with Crippen molar-refractivity contribution in [2.24, 2.45) is 0 Å². The Kier molecular flexibility index (Phi) is 6.07. The second-order valence-electron chi connectivity index (χ2n) is 8.04. The zero-order valence-electron chi connectivity index (χ0n) is 16.8. The van der Waals surface area contributed by atoms with Gasteiger partial charge in [-0.1, -0.05) is 29.8 Å². The maximum atomic E-state index is 14.2. The molecule has 1 aliphatic carbocycles. The molecule has 2 aromatic rings. The summed E-state index contributed by atoms with van der Waals surface area (Å²) >= 11 is 6.20. The SMILES string of the molecule is Cc1cccc(N2CCN(C(=O)CN(Cc3c(F)cccc3Cl)C3CC3)CC2)c1. The van der Waals surface area contributed by atoms with Crippen molar-refractivity contribution in [2.45, 2.75) is 32.4 Å². The number of carbonyl (C=O) groups is 1. The summed E-state index contributed by atoms with van der Waals surface area (Å²) in [6, 6.07) is 13.6. The van der Waals surface area contributed by atoms with E-state index in [4.69, 9.17) is 11.6 Å². The van der Waals surface area contributed by atoms with Gasteiger partial charge in [-0.05, 0) is 49.6 Å².